The van der Waals surface area contributed by atoms with Gasteiger partial charge in [0, 0.05) is 11.1 Å². The number of nitrogens with one attached hydrogen (secondary N) is 2. The Balaban J connectivity index is 1.66. The summed E-state index contributed by atoms with van der Waals surface area (Å²) < 4.78 is 0. The predicted octanol–water partition coefficient (Wildman–Crippen LogP) is 4.44. The van der Waals surface area contributed by atoms with Gasteiger partial charge in [0.1, 0.15) is 11.6 Å². The summed E-state index contributed by atoms with van der Waals surface area (Å²) in [7, 11) is 0. The first kappa shape index (κ1) is 15.6. The van der Waals surface area contributed by atoms with Gasteiger partial charge in [0.2, 0.25) is 0 Å². The second-order valence-electron chi connectivity index (χ2n) is 4.99. The molecule has 0 saturated carbocycles. The van der Waals surface area contributed by atoms with Gasteiger partial charge >= 0.3 is 0 Å². The topological polar surface area (TPSA) is 75.9 Å². The molecule has 0 fully saturated rings. The Morgan fingerprint density at radius 1 is 1.22 bits per heavy atom. The number of benzene rings is 1. The van der Waals surface area contributed by atoms with Crippen molar-refractivity contribution in [1.82, 2.24) is 9.97 Å². The first-order valence-electron chi connectivity index (χ1n) is 7.05. The minimum absolute atomic E-state index is 0.475. The van der Waals surface area contributed by atoms with Crippen molar-refractivity contribution in [2.45, 2.75) is 13.5 Å². The lowest BCUT2D eigenvalue weighted by Gasteiger charge is -2.09. The van der Waals surface area contributed by atoms with Crippen LogP contribution < -0.4 is 16.4 Å². The highest BCUT2D eigenvalue weighted by Gasteiger charge is 2.06. The molecule has 5 nitrogen and oxygen atoms in total. The Bertz CT molecular complexity index is 797. The van der Waals surface area contributed by atoms with Crippen molar-refractivity contribution in [2.75, 3.05) is 16.4 Å². The Kier molecular flexibility index (Phi) is 4.64. The number of aryl methyl sites for hydroxylation is 1. The first-order chi connectivity index (χ1) is 11.1. The molecule has 2 heterocycles. The Labute approximate surface area is 143 Å². The van der Waals surface area contributed by atoms with E-state index in [-0.39, 0.29) is 0 Å². The molecule has 3 rings (SSSR count). The van der Waals surface area contributed by atoms with Crippen molar-refractivity contribution >= 4 is 45.4 Å². The highest BCUT2D eigenvalue weighted by atomic mass is 35.5. The first-order valence-corrected chi connectivity index (χ1v) is 8.24. The van der Waals surface area contributed by atoms with Crippen molar-refractivity contribution in [3.8, 4) is 0 Å². The molecule has 0 spiro atoms. The highest BCUT2D eigenvalue weighted by molar-refractivity contribution is 7.15. The van der Waals surface area contributed by atoms with Crippen LogP contribution in [0.5, 0.6) is 0 Å². The molecule has 0 bridgehead atoms. The lowest BCUT2D eigenvalue weighted by Crippen LogP contribution is -2.00. The van der Waals surface area contributed by atoms with E-state index in [1.54, 1.807) is 17.4 Å². The fourth-order valence-corrected chi connectivity index (χ4v) is 3.16. The Hall–Kier alpha value is -2.31. The minimum atomic E-state index is 0.475. The maximum absolute atomic E-state index is 6.22. The monoisotopic (exact) mass is 345 g/mol. The molecule has 7 heteroatoms. The zero-order chi connectivity index (χ0) is 16.2. The third kappa shape index (κ3) is 3.91. The van der Waals surface area contributed by atoms with E-state index in [4.69, 9.17) is 17.3 Å². The molecule has 4 N–H and O–H groups in total. The number of halogens is 1. The van der Waals surface area contributed by atoms with Crippen LogP contribution in [0.3, 0.4) is 0 Å². The standard InChI is InChI=1S/C16H16ClN5S/c1-10-4-2-5-12(17)15(10)19-8-11-9-20-16(23-11)22-14-7-3-6-13(18)21-14/h2-7,9,19H,8H2,1H3,(H3,18,20,21,22). The summed E-state index contributed by atoms with van der Waals surface area (Å²) >= 11 is 7.77. The van der Waals surface area contributed by atoms with E-state index in [9.17, 15) is 0 Å². The van der Waals surface area contributed by atoms with Crippen molar-refractivity contribution in [1.29, 1.82) is 0 Å². The molecule has 0 saturated heterocycles. The number of thiazole rings is 1. The van der Waals surface area contributed by atoms with Crippen molar-refractivity contribution in [3.05, 3.63) is 58.1 Å². The molecule has 0 aliphatic carbocycles. The molecular formula is C16H16ClN5S. The van der Waals surface area contributed by atoms with E-state index in [0.29, 0.717) is 18.2 Å². The summed E-state index contributed by atoms with van der Waals surface area (Å²) in [5.74, 6) is 1.16. The zero-order valence-electron chi connectivity index (χ0n) is 12.5. The molecule has 0 aliphatic heterocycles. The number of aromatic nitrogens is 2. The Morgan fingerprint density at radius 2 is 2.04 bits per heavy atom. The van der Waals surface area contributed by atoms with Gasteiger partial charge in [-0.15, -0.1) is 0 Å². The summed E-state index contributed by atoms with van der Waals surface area (Å²) in [6.45, 7) is 2.69. The summed E-state index contributed by atoms with van der Waals surface area (Å²) in [5.41, 5.74) is 7.74. The fraction of sp³-hybridized carbons (Fsp3) is 0.125. The lowest BCUT2D eigenvalue weighted by atomic mass is 10.2. The van der Waals surface area contributed by atoms with Crippen LogP contribution in [0, 0.1) is 6.92 Å². The van der Waals surface area contributed by atoms with Crippen LogP contribution in [0.1, 0.15) is 10.4 Å². The van der Waals surface area contributed by atoms with Crippen LogP contribution in [-0.4, -0.2) is 9.97 Å². The average molecular weight is 346 g/mol. The summed E-state index contributed by atoms with van der Waals surface area (Å²) in [5, 5.41) is 8.00. The third-order valence-corrected chi connectivity index (χ3v) is 4.45. The number of hydrogen-bond donors (Lipinski definition) is 3. The Morgan fingerprint density at radius 3 is 2.83 bits per heavy atom. The van der Waals surface area contributed by atoms with E-state index in [0.717, 1.165) is 26.3 Å². The van der Waals surface area contributed by atoms with Crippen molar-refractivity contribution < 1.29 is 0 Å². The second kappa shape index (κ2) is 6.85. The average Bonchev–Trinajstić information content (AvgIpc) is 2.94. The van der Waals surface area contributed by atoms with Gasteiger partial charge in [-0.1, -0.05) is 41.1 Å². The molecular weight excluding hydrogens is 330 g/mol. The molecule has 0 unspecified atom stereocenters. The molecule has 0 amide bonds. The number of para-hydroxylation sites is 1. The van der Waals surface area contributed by atoms with Crippen LogP contribution in [0.2, 0.25) is 5.02 Å². The largest absolute Gasteiger partial charge is 0.384 e. The number of nitrogen functional groups attached to an aromatic ring is 1. The summed E-state index contributed by atoms with van der Waals surface area (Å²) in [4.78, 5) is 9.64. The van der Waals surface area contributed by atoms with Crippen LogP contribution in [0.15, 0.2) is 42.6 Å². The van der Waals surface area contributed by atoms with Gasteiger partial charge in [0.15, 0.2) is 5.13 Å². The second-order valence-corrected chi connectivity index (χ2v) is 6.51. The van der Waals surface area contributed by atoms with E-state index < -0.39 is 0 Å². The lowest BCUT2D eigenvalue weighted by molar-refractivity contribution is 1.16. The minimum Gasteiger partial charge on any atom is -0.384 e. The van der Waals surface area contributed by atoms with Crippen LogP contribution >= 0.6 is 22.9 Å². The van der Waals surface area contributed by atoms with Crippen molar-refractivity contribution in [3.63, 3.8) is 0 Å². The number of hydrogen-bond acceptors (Lipinski definition) is 6. The molecule has 23 heavy (non-hydrogen) atoms. The van der Waals surface area contributed by atoms with Crippen LogP contribution in [0.25, 0.3) is 0 Å². The van der Waals surface area contributed by atoms with Gasteiger partial charge < -0.3 is 16.4 Å². The molecule has 118 valence electrons. The number of anilines is 4. The molecule has 0 atom stereocenters. The molecule has 3 aromatic rings. The smallest absolute Gasteiger partial charge is 0.188 e. The maximum Gasteiger partial charge on any atom is 0.188 e. The quantitative estimate of drug-likeness (QED) is 0.637. The number of nitrogens with zero attached hydrogens (tertiary/aromatic N) is 2. The maximum atomic E-state index is 6.22. The SMILES string of the molecule is Cc1cccc(Cl)c1NCc1cnc(Nc2cccc(N)n2)s1. The van der Waals surface area contributed by atoms with Crippen molar-refractivity contribution in [2.24, 2.45) is 0 Å². The van der Waals surface area contributed by atoms with Gasteiger partial charge in [-0.3, -0.25) is 0 Å². The number of rotatable bonds is 5. The molecule has 0 radical (unpaired) electrons. The predicted molar refractivity (Wildman–Crippen MR) is 97.6 cm³/mol. The molecule has 1 aromatic carbocycles. The van der Waals surface area contributed by atoms with Gasteiger partial charge in [-0.2, -0.15) is 0 Å². The highest BCUT2D eigenvalue weighted by Crippen LogP contribution is 2.27. The van der Waals surface area contributed by atoms with Gasteiger partial charge in [-0.25, -0.2) is 9.97 Å². The van der Waals surface area contributed by atoms with Gasteiger partial charge in [-0.05, 0) is 30.7 Å². The van der Waals surface area contributed by atoms with E-state index in [2.05, 4.69) is 20.6 Å². The molecule has 0 aliphatic rings. The summed E-state index contributed by atoms with van der Waals surface area (Å²) in [6.07, 6.45) is 1.83. The fourth-order valence-electron chi connectivity index (χ4n) is 2.11. The van der Waals surface area contributed by atoms with E-state index in [1.165, 1.54) is 0 Å². The van der Waals surface area contributed by atoms with Crippen LogP contribution in [-0.2, 0) is 6.54 Å². The number of nitrogens with two attached hydrogens (primary N) is 1. The van der Waals surface area contributed by atoms with Gasteiger partial charge in [0.25, 0.3) is 0 Å². The third-order valence-electron chi connectivity index (χ3n) is 3.22. The zero-order valence-corrected chi connectivity index (χ0v) is 14.1. The van der Waals surface area contributed by atoms with Crippen LogP contribution in [0.4, 0.5) is 22.5 Å². The number of pyridine rings is 1. The summed E-state index contributed by atoms with van der Waals surface area (Å²) in [6, 6.07) is 11.3. The van der Waals surface area contributed by atoms with Gasteiger partial charge in [0.05, 0.1) is 17.3 Å². The van der Waals surface area contributed by atoms with E-state index in [1.807, 2.05) is 43.5 Å². The normalized spacial score (nSPS) is 10.5. The van der Waals surface area contributed by atoms with E-state index >= 15 is 0 Å². The molecule has 2 aromatic heterocycles.